The molecule has 0 radical (unpaired) electrons. The van der Waals surface area contributed by atoms with Gasteiger partial charge in [0.05, 0.1) is 13.2 Å². The lowest BCUT2D eigenvalue weighted by Gasteiger charge is -2.23. The van der Waals surface area contributed by atoms with Crippen LogP contribution >= 0.6 is 63.7 Å². The van der Waals surface area contributed by atoms with Gasteiger partial charge in [-0.2, -0.15) is 0 Å². The van der Waals surface area contributed by atoms with Crippen molar-refractivity contribution in [3.05, 3.63) is 0 Å². The van der Waals surface area contributed by atoms with Crippen molar-refractivity contribution in [3.8, 4) is 0 Å². The molecule has 0 N–H and O–H groups in total. The molecule has 0 aromatic carbocycles. The minimum absolute atomic E-state index is 0.0566. The molecule has 2 saturated heterocycles. The Bertz CT molecular complexity index is 220. The van der Waals surface area contributed by atoms with E-state index in [0.717, 1.165) is 6.61 Å². The molecule has 0 spiro atoms. The van der Waals surface area contributed by atoms with Crippen molar-refractivity contribution in [2.75, 3.05) is 13.2 Å². The number of hydrogen-bond acceptors (Lipinski definition) is 3. The van der Waals surface area contributed by atoms with Gasteiger partial charge in [-0.1, -0.05) is 15.9 Å². The van der Waals surface area contributed by atoms with Gasteiger partial charge >= 0.3 is 0 Å². The van der Waals surface area contributed by atoms with Gasteiger partial charge in [0.2, 0.25) is 7.93 Å². The lowest BCUT2D eigenvalue weighted by atomic mass is 10.5. The maximum atomic E-state index is 5.56. The summed E-state index contributed by atoms with van der Waals surface area (Å²) < 4.78 is 14.6. The van der Waals surface area contributed by atoms with E-state index in [1.165, 1.54) is 0 Å². The first kappa shape index (κ1) is 11.3. The van der Waals surface area contributed by atoms with E-state index in [1.807, 2.05) is 0 Å². The molecule has 2 aliphatic rings. The predicted octanol–water partition coefficient (Wildman–Crippen LogP) is 2.69. The van der Waals surface area contributed by atoms with E-state index in [1.54, 1.807) is 0 Å². The number of rotatable bonds is 4. The van der Waals surface area contributed by atoms with Crippen LogP contribution in [0.15, 0.2) is 0 Å². The summed E-state index contributed by atoms with van der Waals surface area (Å²) in [5.41, 5.74) is 0. The summed E-state index contributed by atoms with van der Waals surface area (Å²) in [5, 5.41) is -0.0566. The summed E-state index contributed by atoms with van der Waals surface area (Å²) in [4.78, 5) is 0. The quantitative estimate of drug-likeness (QED) is 0.493. The monoisotopic (exact) mass is 442 g/mol. The fraction of sp³-hybridized carbons (Fsp3) is 1.00. The lowest BCUT2D eigenvalue weighted by molar-refractivity contribution is 0.0597. The second kappa shape index (κ2) is 3.68. The van der Waals surface area contributed by atoms with E-state index in [2.05, 4.69) is 63.7 Å². The van der Waals surface area contributed by atoms with Gasteiger partial charge in [0, 0.05) is 0 Å². The van der Waals surface area contributed by atoms with Crippen molar-refractivity contribution in [2.24, 2.45) is 0 Å². The minimum Gasteiger partial charge on any atom is -0.371 e. The van der Waals surface area contributed by atoms with Crippen LogP contribution in [0, 0.1) is 0 Å². The summed E-state index contributed by atoms with van der Waals surface area (Å²) in [5.74, 6) is 0. The highest BCUT2D eigenvalue weighted by Gasteiger charge is 2.67. The molecule has 0 bridgehead atoms. The molecule has 2 fully saturated rings. The largest absolute Gasteiger partial charge is 0.371 e. The minimum atomic E-state index is -0.715. The summed E-state index contributed by atoms with van der Waals surface area (Å²) >= 11 is 13.5. The van der Waals surface area contributed by atoms with Gasteiger partial charge in [-0.3, -0.25) is 0 Å². The van der Waals surface area contributed by atoms with Crippen molar-refractivity contribution in [2.45, 2.75) is 19.0 Å². The fourth-order valence-electron chi connectivity index (χ4n) is 0.778. The molecule has 3 nitrogen and oxygen atoms in total. The molecule has 2 rings (SSSR count). The topological polar surface area (TPSA) is 34.3 Å². The van der Waals surface area contributed by atoms with Crippen LogP contribution in [0.2, 0.25) is 0 Å². The molecule has 0 saturated carbocycles. The molecule has 0 aliphatic carbocycles. The van der Waals surface area contributed by atoms with Gasteiger partial charge in [0.1, 0.15) is 6.10 Å². The fourth-order valence-corrected chi connectivity index (χ4v) is 3.43. The van der Waals surface area contributed by atoms with E-state index in [9.17, 15) is 0 Å². The number of alkyl halides is 4. The summed E-state index contributed by atoms with van der Waals surface area (Å²) in [6.07, 6.45) is 0.234. The number of halogens is 4. The molecule has 0 aromatic heterocycles. The van der Waals surface area contributed by atoms with Crippen LogP contribution < -0.4 is 0 Å². The first-order valence-corrected chi connectivity index (χ1v) is 6.89. The average molecular weight is 446 g/mol. The van der Waals surface area contributed by atoms with Crippen molar-refractivity contribution in [1.29, 1.82) is 0 Å². The molecule has 3 atom stereocenters. The van der Waals surface area contributed by atoms with E-state index >= 15 is 0 Å². The molecule has 2 heterocycles. The number of hydrogen-bond donors (Lipinski definition) is 0. The van der Waals surface area contributed by atoms with Crippen LogP contribution in [-0.4, -0.2) is 32.3 Å². The summed E-state index contributed by atoms with van der Waals surface area (Å²) in [7, 11) is 0. The Labute approximate surface area is 109 Å². The van der Waals surface area contributed by atoms with Crippen molar-refractivity contribution >= 4 is 63.7 Å². The Kier molecular flexibility index (Phi) is 3.19. The lowest BCUT2D eigenvalue weighted by Crippen LogP contribution is -2.33. The Balaban J connectivity index is 1.87. The third-order valence-corrected chi connectivity index (χ3v) is 7.07. The van der Waals surface area contributed by atoms with Gasteiger partial charge in [-0.15, -0.1) is 0 Å². The molecule has 0 aromatic rings. The van der Waals surface area contributed by atoms with Gasteiger partial charge in [0.25, 0.3) is 0 Å². The first-order chi connectivity index (χ1) is 5.96. The van der Waals surface area contributed by atoms with Gasteiger partial charge < -0.3 is 14.2 Å². The van der Waals surface area contributed by atoms with E-state index in [-0.39, 0.29) is 11.1 Å². The predicted molar refractivity (Wildman–Crippen MR) is 61.7 cm³/mol. The second-order valence-electron chi connectivity index (χ2n) is 2.86. The highest BCUT2D eigenvalue weighted by atomic mass is 79.9. The van der Waals surface area contributed by atoms with Crippen molar-refractivity contribution in [3.63, 3.8) is 0 Å². The summed E-state index contributed by atoms with van der Waals surface area (Å²) in [6.45, 7) is 1.33. The molecule has 13 heavy (non-hydrogen) atoms. The number of ether oxygens (including phenoxy) is 3. The molecular weight excluding hydrogens is 440 g/mol. The average Bonchev–Trinajstić information content (AvgIpc) is 2.88. The zero-order valence-electron chi connectivity index (χ0n) is 6.31. The van der Waals surface area contributed by atoms with Gasteiger partial charge in [0.15, 0.2) is 5.01 Å². The standard InChI is InChI=1S/C6H6Br4O3/c7-4-5(8,13-4)6(9,10)12-2-3-1-11-3/h3-4H,1-2H2. The van der Waals surface area contributed by atoms with Crippen LogP contribution in [0.1, 0.15) is 0 Å². The normalized spacial score (nSPS) is 43.4. The van der Waals surface area contributed by atoms with Crippen molar-refractivity contribution < 1.29 is 14.2 Å². The molecule has 0 amide bonds. The number of epoxide rings is 2. The smallest absolute Gasteiger partial charge is 0.220 e. The molecule has 7 heteroatoms. The van der Waals surface area contributed by atoms with Crippen LogP contribution in [0.3, 0.4) is 0 Å². The molecular formula is C6H6Br4O3. The first-order valence-electron chi connectivity index (χ1n) is 3.60. The SMILES string of the molecule is BrC1OC1(Br)C(Br)(Br)OCC1CO1. The van der Waals surface area contributed by atoms with Crippen LogP contribution in [0.5, 0.6) is 0 Å². The van der Waals surface area contributed by atoms with Crippen LogP contribution in [0.4, 0.5) is 0 Å². The molecule has 76 valence electrons. The van der Waals surface area contributed by atoms with E-state index in [0.29, 0.717) is 6.61 Å². The third kappa shape index (κ3) is 2.32. The Morgan fingerprint density at radius 3 is 2.46 bits per heavy atom. The van der Waals surface area contributed by atoms with Gasteiger partial charge in [-0.05, 0) is 47.8 Å². The maximum absolute atomic E-state index is 5.56. The third-order valence-electron chi connectivity index (χ3n) is 1.76. The zero-order chi connectivity index (χ0) is 9.69. The molecule has 2 aliphatic heterocycles. The zero-order valence-corrected chi connectivity index (χ0v) is 12.6. The maximum Gasteiger partial charge on any atom is 0.220 e. The van der Waals surface area contributed by atoms with Crippen LogP contribution in [0.25, 0.3) is 0 Å². The van der Waals surface area contributed by atoms with Crippen molar-refractivity contribution in [1.82, 2.24) is 0 Å². The second-order valence-corrected chi connectivity index (χ2v) is 8.17. The summed E-state index contributed by atoms with van der Waals surface area (Å²) in [6, 6.07) is 0. The van der Waals surface area contributed by atoms with Gasteiger partial charge in [-0.25, -0.2) is 0 Å². The highest BCUT2D eigenvalue weighted by Crippen LogP contribution is 2.60. The Morgan fingerprint density at radius 2 is 2.08 bits per heavy atom. The van der Waals surface area contributed by atoms with E-state index in [4.69, 9.17) is 14.2 Å². The Hall–Kier alpha value is 1.80. The highest BCUT2D eigenvalue weighted by molar-refractivity contribution is 9.26. The molecule has 3 unspecified atom stereocenters. The van der Waals surface area contributed by atoms with E-state index < -0.39 is 7.93 Å². The van der Waals surface area contributed by atoms with Crippen LogP contribution in [-0.2, 0) is 14.2 Å². The Morgan fingerprint density at radius 1 is 1.54 bits per heavy atom.